The van der Waals surface area contributed by atoms with Crippen LogP contribution in [0.25, 0.3) is 0 Å². The Labute approximate surface area is 104 Å². The molecule has 2 atom stereocenters. The summed E-state index contributed by atoms with van der Waals surface area (Å²) < 4.78 is 0. The van der Waals surface area contributed by atoms with Gasteiger partial charge < -0.3 is 10.4 Å². The number of aliphatic hydroxyl groups is 1. The van der Waals surface area contributed by atoms with Gasteiger partial charge in [-0.25, -0.2) is 0 Å². The van der Waals surface area contributed by atoms with E-state index in [0.717, 1.165) is 25.8 Å². The SMILES string of the molecule is Cc1cccc(CCN[C@@H]2CCCC[C@H]2O)c1. The zero-order chi connectivity index (χ0) is 12.1. The lowest BCUT2D eigenvalue weighted by Crippen LogP contribution is -2.42. The number of hydrogen-bond acceptors (Lipinski definition) is 2. The van der Waals surface area contributed by atoms with Crippen molar-refractivity contribution in [2.45, 2.75) is 51.2 Å². The van der Waals surface area contributed by atoms with Gasteiger partial charge >= 0.3 is 0 Å². The fourth-order valence-electron chi connectivity index (χ4n) is 2.62. The van der Waals surface area contributed by atoms with Gasteiger partial charge in [0, 0.05) is 6.04 Å². The monoisotopic (exact) mass is 233 g/mol. The molecule has 0 radical (unpaired) electrons. The van der Waals surface area contributed by atoms with Gasteiger partial charge in [0.25, 0.3) is 0 Å². The molecule has 0 heterocycles. The van der Waals surface area contributed by atoms with Crippen LogP contribution in [-0.2, 0) is 6.42 Å². The number of aryl methyl sites for hydroxylation is 1. The lowest BCUT2D eigenvalue weighted by atomic mass is 9.92. The van der Waals surface area contributed by atoms with E-state index in [9.17, 15) is 5.11 Å². The minimum absolute atomic E-state index is 0.138. The third-order valence-electron chi connectivity index (χ3n) is 3.63. The summed E-state index contributed by atoms with van der Waals surface area (Å²) in [4.78, 5) is 0. The Hall–Kier alpha value is -0.860. The lowest BCUT2D eigenvalue weighted by Gasteiger charge is -2.28. The van der Waals surface area contributed by atoms with Crippen LogP contribution in [0.2, 0.25) is 0 Å². The average Bonchev–Trinajstić information content (AvgIpc) is 2.32. The molecule has 17 heavy (non-hydrogen) atoms. The predicted molar refractivity (Wildman–Crippen MR) is 71.1 cm³/mol. The van der Waals surface area contributed by atoms with E-state index < -0.39 is 0 Å². The van der Waals surface area contributed by atoms with Crippen LogP contribution < -0.4 is 5.32 Å². The molecule has 2 nitrogen and oxygen atoms in total. The molecule has 1 aromatic carbocycles. The molecule has 1 saturated carbocycles. The molecule has 0 aromatic heterocycles. The van der Waals surface area contributed by atoms with Crippen molar-refractivity contribution in [3.63, 3.8) is 0 Å². The summed E-state index contributed by atoms with van der Waals surface area (Å²) in [5, 5.41) is 13.3. The van der Waals surface area contributed by atoms with Crippen molar-refractivity contribution < 1.29 is 5.11 Å². The van der Waals surface area contributed by atoms with E-state index in [0.29, 0.717) is 6.04 Å². The molecule has 2 rings (SSSR count). The minimum Gasteiger partial charge on any atom is -0.392 e. The average molecular weight is 233 g/mol. The molecule has 1 fully saturated rings. The van der Waals surface area contributed by atoms with Gasteiger partial charge in [-0.3, -0.25) is 0 Å². The Kier molecular flexibility index (Phi) is 4.57. The van der Waals surface area contributed by atoms with E-state index in [1.54, 1.807) is 0 Å². The maximum atomic E-state index is 9.85. The van der Waals surface area contributed by atoms with Crippen LogP contribution in [0.4, 0.5) is 0 Å². The summed E-state index contributed by atoms with van der Waals surface area (Å²) >= 11 is 0. The minimum atomic E-state index is -0.138. The number of benzene rings is 1. The largest absolute Gasteiger partial charge is 0.392 e. The molecule has 0 bridgehead atoms. The number of hydrogen-bond donors (Lipinski definition) is 2. The van der Waals surface area contributed by atoms with E-state index in [4.69, 9.17) is 0 Å². The Morgan fingerprint density at radius 1 is 1.29 bits per heavy atom. The summed E-state index contributed by atoms with van der Waals surface area (Å²) in [5.41, 5.74) is 2.70. The molecule has 0 amide bonds. The number of nitrogens with one attached hydrogen (secondary N) is 1. The van der Waals surface area contributed by atoms with Gasteiger partial charge in [0.2, 0.25) is 0 Å². The molecule has 1 aliphatic rings. The van der Waals surface area contributed by atoms with Crippen molar-refractivity contribution in [2.75, 3.05) is 6.54 Å². The second-order valence-electron chi connectivity index (χ2n) is 5.15. The van der Waals surface area contributed by atoms with E-state index in [1.165, 1.54) is 24.0 Å². The topological polar surface area (TPSA) is 32.3 Å². The second-order valence-corrected chi connectivity index (χ2v) is 5.15. The smallest absolute Gasteiger partial charge is 0.0693 e. The molecule has 94 valence electrons. The van der Waals surface area contributed by atoms with Crippen molar-refractivity contribution >= 4 is 0 Å². The molecule has 2 heteroatoms. The van der Waals surface area contributed by atoms with Crippen LogP contribution in [-0.4, -0.2) is 23.8 Å². The third kappa shape index (κ3) is 3.83. The Morgan fingerprint density at radius 3 is 2.88 bits per heavy atom. The zero-order valence-corrected chi connectivity index (χ0v) is 10.7. The maximum Gasteiger partial charge on any atom is 0.0693 e. The van der Waals surface area contributed by atoms with Gasteiger partial charge in [0.15, 0.2) is 0 Å². The van der Waals surface area contributed by atoms with E-state index in [-0.39, 0.29) is 6.10 Å². The van der Waals surface area contributed by atoms with Crippen LogP contribution in [0.5, 0.6) is 0 Å². The first kappa shape index (κ1) is 12.6. The summed E-state index contributed by atoms with van der Waals surface area (Å²) in [7, 11) is 0. The first-order chi connectivity index (χ1) is 8.25. The molecule has 0 saturated heterocycles. The Morgan fingerprint density at radius 2 is 2.12 bits per heavy atom. The molecule has 2 N–H and O–H groups in total. The van der Waals surface area contributed by atoms with Crippen LogP contribution in [0.3, 0.4) is 0 Å². The van der Waals surface area contributed by atoms with Gasteiger partial charge in [-0.15, -0.1) is 0 Å². The van der Waals surface area contributed by atoms with Gasteiger partial charge in [-0.2, -0.15) is 0 Å². The molecular formula is C15H23NO. The van der Waals surface area contributed by atoms with Crippen LogP contribution in [0.1, 0.15) is 36.8 Å². The molecule has 0 spiro atoms. The highest BCUT2D eigenvalue weighted by molar-refractivity contribution is 5.22. The van der Waals surface area contributed by atoms with Gasteiger partial charge in [-0.05, 0) is 38.3 Å². The standard InChI is InChI=1S/C15H23NO/c1-12-5-4-6-13(11-12)9-10-16-14-7-2-3-8-15(14)17/h4-6,11,14-17H,2-3,7-10H2,1H3/t14-,15-/m1/s1. The van der Waals surface area contributed by atoms with Crippen LogP contribution in [0, 0.1) is 6.92 Å². The molecule has 1 aromatic rings. The fourth-order valence-corrected chi connectivity index (χ4v) is 2.62. The summed E-state index contributed by atoms with van der Waals surface area (Å²) in [6, 6.07) is 8.96. The quantitative estimate of drug-likeness (QED) is 0.837. The summed E-state index contributed by atoms with van der Waals surface area (Å²) in [5.74, 6) is 0. The molecule has 0 aliphatic heterocycles. The fraction of sp³-hybridized carbons (Fsp3) is 0.600. The first-order valence-electron chi connectivity index (χ1n) is 6.73. The van der Waals surface area contributed by atoms with Crippen molar-refractivity contribution in [3.05, 3.63) is 35.4 Å². The highest BCUT2D eigenvalue weighted by Crippen LogP contribution is 2.18. The van der Waals surface area contributed by atoms with Gasteiger partial charge in [0.1, 0.15) is 0 Å². The number of aliphatic hydroxyl groups excluding tert-OH is 1. The Bertz CT molecular complexity index is 351. The van der Waals surface area contributed by atoms with E-state index >= 15 is 0 Å². The third-order valence-corrected chi connectivity index (χ3v) is 3.63. The molecular weight excluding hydrogens is 210 g/mol. The second kappa shape index (κ2) is 6.18. The predicted octanol–water partition coefficient (Wildman–Crippen LogP) is 2.43. The van der Waals surface area contributed by atoms with Crippen molar-refractivity contribution in [1.82, 2.24) is 5.32 Å². The van der Waals surface area contributed by atoms with Gasteiger partial charge in [-0.1, -0.05) is 42.7 Å². The normalized spacial score (nSPS) is 24.8. The number of rotatable bonds is 4. The van der Waals surface area contributed by atoms with Crippen LogP contribution in [0.15, 0.2) is 24.3 Å². The maximum absolute atomic E-state index is 9.85. The highest BCUT2D eigenvalue weighted by atomic mass is 16.3. The lowest BCUT2D eigenvalue weighted by molar-refractivity contribution is 0.0914. The first-order valence-corrected chi connectivity index (χ1v) is 6.73. The van der Waals surface area contributed by atoms with Crippen molar-refractivity contribution in [3.8, 4) is 0 Å². The van der Waals surface area contributed by atoms with E-state index in [1.807, 2.05) is 0 Å². The molecule has 1 aliphatic carbocycles. The van der Waals surface area contributed by atoms with Crippen LogP contribution >= 0.6 is 0 Å². The van der Waals surface area contributed by atoms with Gasteiger partial charge in [0.05, 0.1) is 6.10 Å². The molecule has 0 unspecified atom stereocenters. The summed E-state index contributed by atoms with van der Waals surface area (Å²) in [6.07, 6.45) is 5.42. The zero-order valence-electron chi connectivity index (χ0n) is 10.7. The van der Waals surface area contributed by atoms with E-state index in [2.05, 4.69) is 36.5 Å². The highest BCUT2D eigenvalue weighted by Gasteiger charge is 2.21. The summed E-state index contributed by atoms with van der Waals surface area (Å²) in [6.45, 7) is 3.09. The Balaban J connectivity index is 1.75. The van der Waals surface area contributed by atoms with Crippen molar-refractivity contribution in [2.24, 2.45) is 0 Å². The van der Waals surface area contributed by atoms with Crippen molar-refractivity contribution in [1.29, 1.82) is 0 Å².